The summed E-state index contributed by atoms with van der Waals surface area (Å²) in [5, 5.41) is 4.66. The molecule has 4 saturated heterocycles. The molecule has 0 radical (unpaired) electrons. The number of rotatable bonds is 2. The molecule has 0 saturated carbocycles. The second kappa shape index (κ2) is 5.89. The third-order valence-electron chi connectivity index (χ3n) is 8.73. The number of nitrogens with one attached hydrogen (secondary N) is 2. The molecule has 31 heavy (non-hydrogen) atoms. The van der Waals surface area contributed by atoms with Gasteiger partial charge in [-0.05, 0) is 69.7 Å². The van der Waals surface area contributed by atoms with Gasteiger partial charge in [0.05, 0.1) is 11.1 Å². The van der Waals surface area contributed by atoms with Gasteiger partial charge in [-0.15, -0.1) is 0 Å². The van der Waals surface area contributed by atoms with Gasteiger partial charge in [-0.1, -0.05) is 31.6 Å². The minimum absolute atomic E-state index is 0.0475. The summed E-state index contributed by atoms with van der Waals surface area (Å²) in [6.45, 7) is 10.5. The Balaban J connectivity index is 1.55. The number of hydrogen-bond donors (Lipinski definition) is 2. The Morgan fingerprint density at radius 1 is 1.26 bits per heavy atom. The van der Waals surface area contributed by atoms with Crippen LogP contribution >= 0.6 is 0 Å². The van der Waals surface area contributed by atoms with Gasteiger partial charge in [-0.3, -0.25) is 14.5 Å². The number of hydrogen-bond acceptors (Lipinski definition) is 3. The number of aromatic nitrogens is 1. The molecule has 5 nitrogen and oxygen atoms in total. The van der Waals surface area contributed by atoms with Gasteiger partial charge in [0.1, 0.15) is 5.54 Å². The summed E-state index contributed by atoms with van der Waals surface area (Å²) in [5.74, 6) is 0.668. The monoisotopic (exact) mass is 417 g/mol. The van der Waals surface area contributed by atoms with Crippen molar-refractivity contribution in [1.29, 1.82) is 0 Å². The third kappa shape index (κ3) is 2.30. The van der Waals surface area contributed by atoms with Crippen LogP contribution in [0.5, 0.6) is 0 Å². The second-order valence-corrected chi connectivity index (χ2v) is 11.1. The van der Waals surface area contributed by atoms with Crippen molar-refractivity contribution in [3.8, 4) is 0 Å². The summed E-state index contributed by atoms with van der Waals surface area (Å²) in [6, 6.07) is 6.04. The molecule has 162 valence electrons. The molecular weight excluding hydrogens is 386 g/mol. The van der Waals surface area contributed by atoms with Crippen molar-refractivity contribution in [1.82, 2.24) is 15.2 Å². The lowest BCUT2D eigenvalue weighted by molar-refractivity contribution is -0.160. The maximum absolute atomic E-state index is 13.3. The van der Waals surface area contributed by atoms with Crippen molar-refractivity contribution in [3.05, 3.63) is 46.7 Å². The van der Waals surface area contributed by atoms with Gasteiger partial charge in [-0.25, -0.2) is 0 Å². The predicted molar refractivity (Wildman–Crippen MR) is 121 cm³/mol. The lowest BCUT2D eigenvalue weighted by Crippen LogP contribution is -2.82. The van der Waals surface area contributed by atoms with Crippen LogP contribution in [-0.2, 0) is 16.6 Å². The van der Waals surface area contributed by atoms with E-state index in [4.69, 9.17) is 0 Å². The van der Waals surface area contributed by atoms with Crippen molar-refractivity contribution < 1.29 is 9.59 Å². The van der Waals surface area contributed by atoms with Crippen LogP contribution in [0.4, 0.5) is 0 Å². The van der Waals surface area contributed by atoms with Gasteiger partial charge in [-0.2, -0.15) is 0 Å². The Bertz CT molecular complexity index is 1180. The maximum Gasteiger partial charge on any atom is 0.241 e. The van der Waals surface area contributed by atoms with Crippen LogP contribution in [0.2, 0.25) is 0 Å². The molecule has 5 heterocycles. The van der Waals surface area contributed by atoms with E-state index in [0.29, 0.717) is 5.92 Å². The van der Waals surface area contributed by atoms with E-state index in [1.165, 1.54) is 11.3 Å². The van der Waals surface area contributed by atoms with Crippen molar-refractivity contribution in [2.75, 3.05) is 13.1 Å². The summed E-state index contributed by atoms with van der Waals surface area (Å²) in [4.78, 5) is 32.4. The molecule has 2 spiro atoms. The number of carbonyl (C=O) groups is 2. The standard InChI is InChI=1S/C26H31N3O2/c1-15(2)11-19(30)17-8-5-7-16-18-12-25-14-29-10-6-9-26(29,23(31)28-25)13-20(25)24(3,4)22(18)27-21(16)17/h5,7-8,11,20,27H,6,9-10,12-14H2,1-4H3,(H,28,31)/t20?,25-,26+/m1/s1. The minimum atomic E-state index is -0.308. The lowest BCUT2D eigenvalue weighted by Gasteiger charge is -2.65. The van der Waals surface area contributed by atoms with Crippen LogP contribution in [0.15, 0.2) is 29.8 Å². The highest BCUT2D eigenvalue weighted by Crippen LogP contribution is 2.58. The number of piperazine rings is 1. The Hall–Kier alpha value is -2.40. The van der Waals surface area contributed by atoms with E-state index in [0.717, 1.165) is 60.8 Å². The fourth-order valence-corrected chi connectivity index (χ4v) is 7.41. The number of benzene rings is 1. The molecule has 4 fully saturated rings. The summed E-state index contributed by atoms with van der Waals surface area (Å²) in [6.07, 6.45) is 5.57. The number of piperidine rings is 2. The normalized spacial score (nSPS) is 32.9. The molecule has 7 rings (SSSR count). The zero-order valence-electron chi connectivity index (χ0n) is 18.9. The first-order valence-corrected chi connectivity index (χ1v) is 11.6. The molecule has 5 aliphatic rings. The molecule has 2 bridgehead atoms. The smallest absolute Gasteiger partial charge is 0.241 e. The number of carbonyl (C=O) groups excluding carboxylic acids is 2. The Kier molecular flexibility index (Phi) is 3.66. The number of H-pyrrole nitrogens is 1. The summed E-state index contributed by atoms with van der Waals surface area (Å²) in [7, 11) is 0. The average Bonchev–Trinajstić information content (AvgIpc) is 3.28. The first-order valence-electron chi connectivity index (χ1n) is 11.6. The fourth-order valence-electron chi connectivity index (χ4n) is 7.41. The van der Waals surface area contributed by atoms with Crippen molar-refractivity contribution in [2.24, 2.45) is 5.92 Å². The van der Waals surface area contributed by atoms with Gasteiger partial charge in [0.2, 0.25) is 5.91 Å². The molecule has 2 aromatic rings. The highest BCUT2D eigenvalue weighted by molar-refractivity contribution is 6.13. The number of allylic oxidation sites excluding steroid dienone is 2. The largest absolute Gasteiger partial charge is 0.357 e. The molecule has 2 N–H and O–H groups in total. The highest BCUT2D eigenvalue weighted by atomic mass is 16.2. The van der Waals surface area contributed by atoms with Gasteiger partial charge in [0, 0.05) is 28.6 Å². The quantitative estimate of drug-likeness (QED) is 0.576. The zero-order chi connectivity index (χ0) is 21.8. The van der Waals surface area contributed by atoms with Crippen LogP contribution < -0.4 is 5.32 Å². The maximum atomic E-state index is 13.3. The van der Waals surface area contributed by atoms with Crippen LogP contribution in [0, 0.1) is 5.92 Å². The topological polar surface area (TPSA) is 65.2 Å². The van der Waals surface area contributed by atoms with Crippen LogP contribution in [-0.4, -0.2) is 45.7 Å². The van der Waals surface area contributed by atoms with E-state index in [9.17, 15) is 9.59 Å². The van der Waals surface area contributed by atoms with Crippen molar-refractivity contribution in [2.45, 2.75) is 69.9 Å². The number of ketones is 1. The number of fused-ring (bicyclic) bond motifs is 4. The van der Waals surface area contributed by atoms with Crippen molar-refractivity contribution in [3.63, 3.8) is 0 Å². The Morgan fingerprint density at radius 2 is 2.06 bits per heavy atom. The van der Waals surface area contributed by atoms with E-state index < -0.39 is 0 Å². The molecule has 3 atom stereocenters. The Labute approximate surface area is 183 Å². The summed E-state index contributed by atoms with van der Waals surface area (Å²) >= 11 is 0. The van der Waals surface area contributed by atoms with Gasteiger partial charge in [0.25, 0.3) is 0 Å². The van der Waals surface area contributed by atoms with Gasteiger partial charge in [0.15, 0.2) is 5.78 Å². The highest BCUT2D eigenvalue weighted by Gasteiger charge is 2.68. The van der Waals surface area contributed by atoms with E-state index >= 15 is 0 Å². The zero-order valence-corrected chi connectivity index (χ0v) is 18.9. The minimum Gasteiger partial charge on any atom is -0.357 e. The van der Waals surface area contributed by atoms with Crippen molar-refractivity contribution >= 4 is 22.6 Å². The summed E-state index contributed by atoms with van der Waals surface area (Å²) in [5.41, 5.74) is 4.55. The molecule has 1 aromatic carbocycles. The van der Waals surface area contributed by atoms with Gasteiger partial charge >= 0.3 is 0 Å². The van der Waals surface area contributed by atoms with Gasteiger partial charge < -0.3 is 10.3 Å². The molecular formula is C26H31N3O2. The van der Waals surface area contributed by atoms with E-state index in [2.05, 4.69) is 35.1 Å². The SMILES string of the molecule is CC(C)=CC(=O)c1cccc2c3c([nH]c12)C(C)(C)C1C[C@]24CCCN2C[C@@]1(C3)NC4=O. The van der Waals surface area contributed by atoms with E-state index in [1.807, 2.05) is 26.0 Å². The molecule has 1 aromatic heterocycles. The van der Waals surface area contributed by atoms with Crippen LogP contribution in [0.1, 0.15) is 68.6 Å². The molecule has 1 unspecified atom stereocenters. The predicted octanol–water partition coefficient (Wildman–Crippen LogP) is 3.87. The first-order chi connectivity index (χ1) is 14.7. The fraction of sp³-hybridized carbons (Fsp3) is 0.538. The lowest BCUT2D eigenvalue weighted by atomic mass is 9.51. The van der Waals surface area contributed by atoms with Crippen LogP contribution in [0.3, 0.4) is 0 Å². The average molecular weight is 418 g/mol. The number of para-hydroxylation sites is 1. The summed E-state index contributed by atoms with van der Waals surface area (Å²) < 4.78 is 0. The second-order valence-electron chi connectivity index (χ2n) is 11.1. The molecule has 1 amide bonds. The first kappa shape index (κ1) is 19.3. The molecule has 5 heteroatoms. The third-order valence-corrected chi connectivity index (χ3v) is 8.73. The van der Waals surface area contributed by atoms with E-state index in [-0.39, 0.29) is 28.2 Å². The number of aromatic amines is 1. The number of nitrogens with zero attached hydrogens (tertiary/aromatic N) is 1. The van der Waals surface area contributed by atoms with Crippen LogP contribution in [0.25, 0.3) is 10.9 Å². The molecule has 4 aliphatic heterocycles. The molecule has 1 aliphatic carbocycles. The Morgan fingerprint density at radius 3 is 2.84 bits per heavy atom. The number of amides is 1. The van der Waals surface area contributed by atoms with E-state index in [1.54, 1.807) is 6.08 Å².